The first-order valence-electron chi connectivity index (χ1n) is 7.89. The highest BCUT2D eigenvalue weighted by molar-refractivity contribution is 5.98. The predicted octanol–water partition coefficient (Wildman–Crippen LogP) is 2.28. The molecule has 0 radical (unpaired) electrons. The van der Waals surface area contributed by atoms with E-state index in [2.05, 4.69) is 15.3 Å². The van der Waals surface area contributed by atoms with Gasteiger partial charge in [0.1, 0.15) is 5.82 Å². The number of hydrogen-bond donors (Lipinski definition) is 1. The van der Waals surface area contributed by atoms with Gasteiger partial charge < -0.3 is 5.32 Å². The number of rotatable bonds is 1. The maximum atomic E-state index is 13.2. The fourth-order valence-electron chi connectivity index (χ4n) is 3.09. The molecule has 0 saturated heterocycles. The van der Waals surface area contributed by atoms with Crippen molar-refractivity contribution in [1.29, 1.82) is 0 Å². The first kappa shape index (κ1) is 14.6. The summed E-state index contributed by atoms with van der Waals surface area (Å²) in [6.07, 6.45) is 2.21. The minimum Gasteiger partial charge on any atom is -0.342 e. The summed E-state index contributed by atoms with van der Waals surface area (Å²) in [5.41, 5.74) is 1.79. The van der Waals surface area contributed by atoms with Crippen LogP contribution in [0.15, 0.2) is 41.3 Å². The summed E-state index contributed by atoms with van der Waals surface area (Å²) in [5.74, 6) is 0.613. The lowest BCUT2D eigenvalue weighted by molar-refractivity contribution is 0.0937. The Labute approximate surface area is 138 Å². The molecule has 2 aromatic heterocycles. The summed E-state index contributed by atoms with van der Waals surface area (Å²) in [5, 5.41) is 3.47. The molecule has 1 N–H and O–H groups in total. The van der Waals surface area contributed by atoms with Crippen molar-refractivity contribution in [2.24, 2.45) is 0 Å². The molecule has 6 nitrogen and oxygen atoms in total. The Balaban J connectivity index is 2.17. The molecule has 0 saturated carbocycles. The lowest BCUT2D eigenvalue weighted by atomic mass is 10.1. The predicted molar refractivity (Wildman–Crippen MR) is 90.4 cm³/mol. The van der Waals surface area contributed by atoms with Gasteiger partial charge in [0.2, 0.25) is 0 Å². The molecule has 0 aliphatic carbocycles. The Morgan fingerprint density at radius 3 is 2.88 bits per heavy atom. The Kier molecular flexibility index (Phi) is 3.19. The average molecular weight is 320 g/mol. The number of nitrogens with one attached hydrogen (secondary N) is 1. The highest BCUT2D eigenvalue weighted by Crippen LogP contribution is 2.25. The summed E-state index contributed by atoms with van der Waals surface area (Å²) in [6.45, 7) is 3.88. The Bertz CT molecular complexity index is 1040. The Morgan fingerprint density at radius 1 is 1.25 bits per heavy atom. The first-order valence-corrected chi connectivity index (χ1v) is 7.89. The zero-order valence-electron chi connectivity index (χ0n) is 13.4. The van der Waals surface area contributed by atoms with Crippen LogP contribution in [-0.2, 0) is 0 Å². The summed E-state index contributed by atoms with van der Waals surface area (Å²) in [6, 6.07) is 8.60. The number of carbonyl (C=O) groups excluding carboxylic acids is 1. The molecule has 1 amide bonds. The number of hydrogen-bond acceptors (Lipinski definition) is 4. The van der Waals surface area contributed by atoms with Crippen molar-refractivity contribution in [1.82, 2.24) is 19.9 Å². The molecule has 120 valence electrons. The van der Waals surface area contributed by atoms with Crippen LogP contribution < -0.4 is 10.9 Å². The van der Waals surface area contributed by atoms with Gasteiger partial charge in [-0.15, -0.1) is 0 Å². The smallest absolute Gasteiger partial charge is 0.267 e. The third-order valence-corrected chi connectivity index (χ3v) is 4.32. The SMILES string of the molecule is CCC1NC(=O)c2cccnc2-n2c1nc1ccc(C)cc1c2=O. The van der Waals surface area contributed by atoms with Crippen LogP contribution in [0.5, 0.6) is 0 Å². The maximum Gasteiger partial charge on any atom is 0.267 e. The number of amides is 1. The van der Waals surface area contributed by atoms with E-state index >= 15 is 0 Å². The molecule has 3 aromatic rings. The molecule has 1 atom stereocenters. The van der Waals surface area contributed by atoms with Crippen molar-refractivity contribution in [2.75, 3.05) is 0 Å². The van der Waals surface area contributed by atoms with Crippen molar-refractivity contribution in [3.05, 3.63) is 63.8 Å². The zero-order valence-corrected chi connectivity index (χ0v) is 13.4. The molecule has 1 aliphatic heterocycles. The molecule has 24 heavy (non-hydrogen) atoms. The van der Waals surface area contributed by atoms with E-state index in [1.54, 1.807) is 18.3 Å². The lowest BCUT2D eigenvalue weighted by Crippen LogP contribution is -2.30. The molecule has 4 rings (SSSR count). The molecule has 0 bridgehead atoms. The second-order valence-corrected chi connectivity index (χ2v) is 5.94. The fraction of sp³-hybridized carbons (Fsp3) is 0.222. The van der Waals surface area contributed by atoms with Gasteiger partial charge in [-0.25, -0.2) is 14.5 Å². The Hall–Kier alpha value is -3.02. The third kappa shape index (κ3) is 2.03. The van der Waals surface area contributed by atoms with Gasteiger partial charge in [-0.2, -0.15) is 0 Å². The van der Waals surface area contributed by atoms with Crippen LogP contribution in [0.3, 0.4) is 0 Å². The summed E-state index contributed by atoms with van der Waals surface area (Å²) in [4.78, 5) is 34.6. The largest absolute Gasteiger partial charge is 0.342 e. The van der Waals surface area contributed by atoms with E-state index in [-0.39, 0.29) is 17.5 Å². The topological polar surface area (TPSA) is 76.9 Å². The summed E-state index contributed by atoms with van der Waals surface area (Å²) < 4.78 is 1.48. The average Bonchev–Trinajstić information content (AvgIpc) is 2.71. The number of nitrogens with zero attached hydrogens (tertiary/aromatic N) is 3. The number of fused-ring (bicyclic) bond motifs is 4. The molecule has 1 unspecified atom stereocenters. The minimum atomic E-state index is -0.342. The molecular weight excluding hydrogens is 304 g/mol. The second-order valence-electron chi connectivity index (χ2n) is 5.94. The van der Waals surface area contributed by atoms with Gasteiger partial charge in [0.15, 0.2) is 5.82 Å². The van der Waals surface area contributed by atoms with Gasteiger partial charge in [-0.05, 0) is 37.6 Å². The van der Waals surface area contributed by atoms with Crippen LogP contribution in [0.4, 0.5) is 0 Å². The van der Waals surface area contributed by atoms with E-state index < -0.39 is 0 Å². The van der Waals surface area contributed by atoms with Gasteiger partial charge in [0.25, 0.3) is 11.5 Å². The van der Waals surface area contributed by atoms with Crippen molar-refractivity contribution in [2.45, 2.75) is 26.3 Å². The van der Waals surface area contributed by atoms with E-state index in [4.69, 9.17) is 0 Å². The number of pyridine rings is 1. The van der Waals surface area contributed by atoms with Crippen LogP contribution >= 0.6 is 0 Å². The molecule has 6 heteroatoms. The highest BCUT2D eigenvalue weighted by Gasteiger charge is 2.29. The van der Waals surface area contributed by atoms with E-state index in [0.29, 0.717) is 34.5 Å². The molecule has 1 aromatic carbocycles. The van der Waals surface area contributed by atoms with Gasteiger partial charge in [-0.3, -0.25) is 9.59 Å². The van der Waals surface area contributed by atoms with Crippen LogP contribution in [0.25, 0.3) is 16.7 Å². The van der Waals surface area contributed by atoms with Crippen molar-refractivity contribution in [3.8, 4) is 5.82 Å². The summed E-state index contributed by atoms with van der Waals surface area (Å²) >= 11 is 0. The van der Waals surface area contributed by atoms with E-state index in [0.717, 1.165) is 5.56 Å². The van der Waals surface area contributed by atoms with Crippen molar-refractivity contribution >= 4 is 16.8 Å². The van der Waals surface area contributed by atoms with Crippen LogP contribution in [0, 0.1) is 6.92 Å². The van der Waals surface area contributed by atoms with Gasteiger partial charge >= 0.3 is 0 Å². The highest BCUT2D eigenvalue weighted by atomic mass is 16.2. The molecule has 0 fully saturated rings. The number of aryl methyl sites for hydroxylation is 1. The fourth-order valence-corrected chi connectivity index (χ4v) is 3.09. The first-order chi connectivity index (χ1) is 11.6. The van der Waals surface area contributed by atoms with Crippen LogP contribution in [-0.4, -0.2) is 20.4 Å². The van der Waals surface area contributed by atoms with E-state index in [1.807, 2.05) is 32.0 Å². The molecule has 3 heterocycles. The molecular formula is C18H16N4O2. The van der Waals surface area contributed by atoms with Crippen LogP contribution in [0.1, 0.15) is 41.1 Å². The lowest BCUT2D eigenvalue weighted by Gasteiger charge is -2.17. The van der Waals surface area contributed by atoms with Crippen molar-refractivity contribution < 1.29 is 4.79 Å². The maximum absolute atomic E-state index is 13.2. The van der Waals surface area contributed by atoms with Gasteiger partial charge in [0.05, 0.1) is 22.5 Å². The van der Waals surface area contributed by atoms with Crippen molar-refractivity contribution in [3.63, 3.8) is 0 Å². The zero-order chi connectivity index (χ0) is 16.8. The monoisotopic (exact) mass is 320 g/mol. The second kappa shape index (κ2) is 5.26. The quantitative estimate of drug-likeness (QED) is 0.746. The van der Waals surface area contributed by atoms with Gasteiger partial charge in [-0.1, -0.05) is 18.6 Å². The van der Waals surface area contributed by atoms with Gasteiger partial charge in [0, 0.05) is 6.20 Å². The number of aromatic nitrogens is 3. The normalized spacial score (nSPS) is 16.2. The number of benzene rings is 1. The minimum absolute atomic E-state index is 0.200. The van der Waals surface area contributed by atoms with E-state index in [1.165, 1.54) is 4.57 Å². The molecule has 0 spiro atoms. The van der Waals surface area contributed by atoms with Crippen LogP contribution in [0.2, 0.25) is 0 Å². The summed E-state index contributed by atoms with van der Waals surface area (Å²) in [7, 11) is 0. The third-order valence-electron chi connectivity index (χ3n) is 4.32. The standard InChI is InChI=1S/C18H16N4O2/c1-3-13-16-20-14-7-6-10(2)9-12(14)18(24)22(16)15-11(17(23)21-13)5-4-8-19-15/h4-9,13H,3H2,1-2H3,(H,21,23). The number of carbonyl (C=O) groups is 1. The molecule has 1 aliphatic rings. The Morgan fingerprint density at radius 2 is 2.08 bits per heavy atom. The van der Waals surface area contributed by atoms with E-state index in [9.17, 15) is 9.59 Å².